The van der Waals surface area contributed by atoms with Crippen LogP contribution in [0.2, 0.25) is 0 Å². The van der Waals surface area contributed by atoms with Gasteiger partial charge in [0.15, 0.2) is 0 Å². The molecular weight excluding hydrogens is 331 g/mol. The largest absolute Gasteiger partial charge is 0.452 e. The molecule has 9 heteroatoms. The first kappa shape index (κ1) is 16.0. The zero-order chi connectivity index (χ0) is 16.8. The van der Waals surface area contributed by atoms with Crippen LogP contribution in [0.25, 0.3) is 10.6 Å². The van der Waals surface area contributed by atoms with E-state index in [1.807, 2.05) is 0 Å². The van der Waals surface area contributed by atoms with Crippen LogP contribution in [0, 0.1) is 6.92 Å². The quantitative estimate of drug-likeness (QED) is 0.908. The Hall–Kier alpha value is -1.87. The van der Waals surface area contributed by atoms with Crippen molar-refractivity contribution in [3.8, 4) is 10.6 Å². The highest BCUT2D eigenvalue weighted by molar-refractivity contribution is 7.17. The summed E-state index contributed by atoms with van der Waals surface area (Å²) in [7, 11) is 0. The first-order chi connectivity index (χ1) is 10.8. The Labute approximate surface area is 133 Å². The third-order valence-corrected chi connectivity index (χ3v) is 4.82. The van der Waals surface area contributed by atoms with Gasteiger partial charge in [-0.2, -0.15) is 13.2 Å². The summed E-state index contributed by atoms with van der Waals surface area (Å²) in [6, 6.07) is 3.15. The number of nitrogens with two attached hydrogens (primary N) is 1. The first-order valence-electron chi connectivity index (χ1n) is 6.96. The molecule has 124 valence electrons. The van der Waals surface area contributed by atoms with Crippen molar-refractivity contribution < 1.29 is 22.5 Å². The number of rotatable bonds is 2. The fourth-order valence-corrected chi connectivity index (χ4v) is 3.55. The number of hydrogen-bond acceptors (Lipinski definition) is 5. The van der Waals surface area contributed by atoms with Crippen LogP contribution in [0.1, 0.15) is 27.4 Å². The van der Waals surface area contributed by atoms with Gasteiger partial charge in [-0.15, -0.1) is 11.3 Å². The molecule has 0 saturated carbocycles. The molecule has 1 atom stereocenters. The van der Waals surface area contributed by atoms with E-state index in [9.17, 15) is 18.0 Å². The van der Waals surface area contributed by atoms with Gasteiger partial charge in [0.25, 0.3) is 5.91 Å². The molecule has 1 fully saturated rings. The van der Waals surface area contributed by atoms with Crippen LogP contribution in [-0.2, 0) is 6.18 Å². The molecule has 0 unspecified atom stereocenters. The van der Waals surface area contributed by atoms with Crippen LogP contribution >= 0.6 is 11.3 Å². The van der Waals surface area contributed by atoms with E-state index in [4.69, 9.17) is 5.73 Å². The number of alkyl halides is 3. The van der Waals surface area contributed by atoms with Crippen LogP contribution in [0.15, 0.2) is 16.7 Å². The van der Waals surface area contributed by atoms with Crippen molar-refractivity contribution in [3.05, 3.63) is 28.3 Å². The van der Waals surface area contributed by atoms with Crippen molar-refractivity contribution in [1.82, 2.24) is 10.1 Å². The predicted octanol–water partition coefficient (Wildman–Crippen LogP) is 2.90. The Bertz CT molecular complexity index is 738. The van der Waals surface area contributed by atoms with Crippen molar-refractivity contribution in [3.63, 3.8) is 0 Å². The SMILES string of the molecule is Cc1c(-c2ccc(C(=O)N3CC[C@H](N)C3)s2)noc1C(F)(F)F. The van der Waals surface area contributed by atoms with Gasteiger partial charge in [-0.05, 0) is 25.5 Å². The summed E-state index contributed by atoms with van der Waals surface area (Å²) in [5.74, 6) is -1.27. The molecule has 1 saturated heterocycles. The standard InChI is InChI=1S/C14H14F3N3O2S/c1-7-11(19-22-12(7)14(15,16)17)9-2-3-10(23-9)13(21)20-5-4-8(18)6-20/h2-3,8H,4-6,18H2,1H3/t8-/m0/s1. The first-order valence-corrected chi connectivity index (χ1v) is 7.77. The monoisotopic (exact) mass is 345 g/mol. The van der Waals surface area contributed by atoms with Gasteiger partial charge in [0.2, 0.25) is 5.76 Å². The average Bonchev–Trinajstić information content (AvgIpc) is 3.15. The minimum absolute atomic E-state index is 0.0227. The Morgan fingerprint density at radius 3 is 2.78 bits per heavy atom. The number of hydrogen-bond donors (Lipinski definition) is 1. The molecule has 3 heterocycles. The topological polar surface area (TPSA) is 72.4 Å². The molecule has 0 bridgehead atoms. The molecule has 1 aliphatic rings. The second kappa shape index (κ2) is 5.64. The van der Waals surface area contributed by atoms with Crippen LogP contribution < -0.4 is 5.73 Å². The normalized spacial score (nSPS) is 18.7. The molecule has 0 radical (unpaired) electrons. The Morgan fingerprint density at radius 1 is 1.48 bits per heavy atom. The lowest BCUT2D eigenvalue weighted by Crippen LogP contribution is -2.31. The zero-order valence-corrected chi connectivity index (χ0v) is 13.0. The van der Waals surface area contributed by atoms with E-state index in [1.54, 1.807) is 17.0 Å². The van der Waals surface area contributed by atoms with Crippen molar-refractivity contribution in [1.29, 1.82) is 0 Å². The summed E-state index contributed by atoms with van der Waals surface area (Å²) >= 11 is 1.10. The van der Waals surface area contributed by atoms with Crippen LogP contribution in [0.3, 0.4) is 0 Å². The molecule has 1 amide bonds. The molecule has 2 aromatic rings. The maximum atomic E-state index is 12.7. The fourth-order valence-electron chi connectivity index (χ4n) is 2.54. The second-order valence-electron chi connectivity index (χ2n) is 5.45. The van der Waals surface area contributed by atoms with Gasteiger partial charge < -0.3 is 15.2 Å². The number of amides is 1. The maximum Gasteiger partial charge on any atom is 0.452 e. The third kappa shape index (κ3) is 2.98. The molecule has 0 aliphatic carbocycles. The summed E-state index contributed by atoms with van der Waals surface area (Å²) in [6.07, 6.45) is -3.84. The molecular formula is C14H14F3N3O2S. The number of halogens is 3. The van der Waals surface area contributed by atoms with E-state index in [-0.39, 0.29) is 23.2 Å². The van der Waals surface area contributed by atoms with E-state index in [1.165, 1.54) is 6.92 Å². The summed E-state index contributed by atoms with van der Waals surface area (Å²) in [5, 5.41) is 3.51. The third-order valence-electron chi connectivity index (χ3n) is 3.74. The minimum atomic E-state index is -4.59. The van der Waals surface area contributed by atoms with Crippen molar-refractivity contribution in [2.45, 2.75) is 25.6 Å². The molecule has 1 aliphatic heterocycles. The number of aromatic nitrogens is 1. The Morgan fingerprint density at radius 2 is 2.22 bits per heavy atom. The smallest absolute Gasteiger partial charge is 0.351 e. The van der Waals surface area contributed by atoms with E-state index in [0.29, 0.717) is 22.8 Å². The maximum absolute atomic E-state index is 12.7. The minimum Gasteiger partial charge on any atom is -0.351 e. The number of thiophene rings is 1. The van der Waals surface area contributed by atoms with Crippen LogP contribution in [-0.4, -0.2) is 35.1 Å². The van der Waals surface area contributed by atoms with Gasteiger partial charge >= 0.3 is 6.18 Å². The number of nitrogens with zero attached hydrogens (tertiary/aromatic N) is 2. The summed E-state index contributed by atoms with van der Waals surface area (Å²) in [6.45, 7) is 2.39. The zero-order valence-electron chi connectivity index (χ0n) is 12.2. The summed E-state index contributed by atoms with van der Waals surface area (Å²) in [5.41, 5.74) is 5.81. The lowest BCUT2D eigenvalue weighted by atomic mass is 10.2. The predicted molar refractivity (Wildman–Crippen MR) is 78.1 cm³/mol. The van der Waals surface area contributed by atoms with Gasteiger partial charge in [-0.3, -0.25) is 4.79 Å². The fraction of sp³-hybridized carbons (Fsp3) is 0.429. The molecule has 3 rings (SSSR count). The highest BCUT2D eigenvalue weighted by atomic mass is 32.1. The molecule has 0 aromatic carbocycles. The Kier molecular flexibility index (Phi) is 3.93. The van der Waals surface area contributed by atoms with Crippen molar-refractivity contribution >= 4 is 17.2 Å². The second-order valence-corrected chi connectivity index (χ2v) is 6.53. The Balaban J connectivity index is 1.85. The van der Waals surface area contributed by atoms with Crippen molar-refractivity contribution in [2.24, 2.45) is 5.73 Å². The van der Waals surface area contributed by atoms with Crippen LogP contribution in [0.5, 0.6) is 0 Å². The van der Waals surface area contributed by atoms with Gasteiger partial charge in [0.05, 0.1) is 9.75 Å². The lowest BCUT2D eigenvalue weighted by molar-refractivity contribution is -0.156. The van der Waals surface area contributed by atoms with E-state index < -0.39 is 11.9 Å². The van der Waals surface area contributed by atoms with Gasteiger partial charge in [0, 0.05) is 24.7 Å². The summed E-state index contributed by atoms with van der Waals surface area (Å²) in [4.78, 5) is 14.9. The van der Waals surface area contributed by atoms with Gasteiger partial charge in [0.1, 0.15) is 5.69 Å². The van der Waals surface area contributed by atoms with E-state index in [0.717, 1.165) is 17.8 Å². The molecule has 2 N–H and O–H groups in total. The molecule has 5 nitrogen and oxygen atoms in total. The molecule has 23 heavy (non-hydrogen) atoms. The van der Waals surface area contributed by atoms with Crippen LogP contribution in [0.4, 0.5) is 13.2 Å². The highest BCUT2D eigenvalue weighted by Gasteiger charge is 2.39. The molecule has 2 aromatic heterocycles. The van der Waals surface area contributed by atoms with Gasteiger partial charge in [-0.1, -0.05) is 5.16 Å². The van der Waals surface area contributed by atoms with E-state index in [2.05, 4.69) is 9.68 Å². The van der Waals surface area contributed by atoms with Gasteiger partial charge in [-0.25, -0.2) is 0 Å². The van der Waals surface area contributed by atoms with E-state index >= 15 is 0 Å². The number of likely N-dealkylation sites (tertiary alicyclic amines) is 1. The lowest BCUT2D eigenvalue weighted by Gasteiger charge is -2.14. The summed E-state index contributed by atoms with van der Waals surface area (Å²) < 4.78 is 42.7. The molecule has 0 spiro atoms. The highest BCUT2D eigenvalue weighted by Crippen LogP contribution is 2.38. The number of carbonyl (C=O) groups is 1. The average molecular weight is 345 g/mol. The van der Waals surface area contributed by atoms with Crippen molar-refractivity contribution in [2.75, 3.05) is 13.1 Å². The number of carbonyl (C=O) groups excluding carboxylic acids is 1.